The van der Waals surface area contributed by atoms with E-state index in [1.54, 1.807) is 12.1 Å². The third-order valence-corrected chi connectivity index (χ3v) is 4.35. The van der Waals surface area contributed by atoms with E-state index in [1.165, 1.54) is 23.5 Å². The van der Waals surface area contributed by atoms with Crippen LogP contribution < -0.4 is 0 Å². The largest absolute Gasteiger partial charge is 0.478 e. The van der Waals surface area contributed by atoms with Gasteiger partial charge < -0.3 is 5.11 Å². The summed E-state index contributed by atoms with van der Waals surface area (Å²) in [6, 6.07) is 6.75. The number of carboxylic acids is 1. The molecule has 0 saturated carbocycles. The Labute approximate surface area is 130 Å². The van der Waals surface area contributed by atoms with Gasteiger partial charge in [0, 0.05) is 25.9 Å². The maximum absolute atomic E-state index is 12.7. The normalized spacial score (nSPS) is 12.0. The van der Waals surface area contributed by atoms with Gasteiger partial charge in [-0.25, -0.2) is 4.79 Å². The van der Waals surface area contributed by atoms with Gasteiger partial charge in [-0.05, 0) is 36.4 Å². The Morgan fingerprint density at radius 3 is 2.57 bits per heavy atom. The first-order valence-corrected chi connectivity index (χ1v) is 7.26. The summed E-state index contributed by atoms with van der Waals surface area (Å²) in [6.45, 7) is 0. The van der Waals surface area contributed by atoms with Gasteiger partial charge in [-0.1, -0.05) is 15.9 Å². The molecule has 21 heavy (non-hydrogen) atoms. The van der Waals surface area contributed by atoms with Crippen LogP contribution in [0.5, 0.6) is 0 Å². The van der Waals surface area contributed by atoms with Gasteiger partial charge in [0.25, 0.3) is 0 Å². The van der Waals surface area contributed by atoms with E-state index in [4.69, 9.17) is 5.11 Å². The first-order valence-electron chi connectivity index (χ1n) is 5.65. The fraction of sp³-hybridized carbons (Fsp3) is 0.0714. The lowest BCUT2D eigenvalue weighted by atomic mass is 10.1. The Bertz CT molecular complexity index is 704. The van der Waals surface area contributed by atoms with Crippen LogP contribution in [0.25, 0.3) is 16.5 Å². The molecule has 0 saturated heterocycles. The highest BCUT2D eigenvalue weighted by Crippen LogP contribution is 2.38. The first kappa shape index (κ1) is 15.8. The van der Waals surface area contributed by atoms with Crippen molar-refractivity contribution in [2.75, 3.05) is 0 Å². The van der Waals surface area contributed by atoms with Crippen LogP contribution in [0.2, 0.25) is 0 Å². The van der Waals surface area contributed by atoms with Crippen molar-refractivity contribution in [2.24, 2.45) is 0 Å². The molecule has 0 aliphatic carbocycles. The number of hydrogen-bond donors (Lipinski definition) is 1. The van der Waals surface area contributed by atoms with Crippen molar-refractivity contribution in [1.29, 1.82) is 0 Å². The van der Waals surface area contributed by atoms with Gasteiger partial charge in [-0.3, -0.25) is 0 Å². The molecule has 1 aromatic carbocycles. The van der Waals surface area contributed by atoms with Crippen LogP contribution in [0.3, 0.4) is 0 Å². The standard InChI is InChI=1S/C14H8BrF3O2S/c15-11-4-1-8(14(16,17)18)7-10(11)12-5-2-9(21-12)3-6-13(19)20/h1-7H,(H,19,20)/b6-3+. The van der Waals surface area contributed by atoms with Crippen LogP contribution in [0, 0.1) is 0 Å². The summed E-state index contributed by atoms with van der Waals surface area (Å²) in [4.78, 5) is 11.7. The van der Waals surface area contributed by atoms with Crippen LogP contribution >= 0.6 is 27.3 Å². The van der Waals surface area contributed by atoms with Crippen molar-refractivity contribution < 1.29 is 23.1 Å². The molecule has 0 aliphatic rings. The Morgan fingerprint density at radius 2 is 1.95 bits per heavy atom. The first-order chi connectivity index (χ1) is 9.77. The molecule has 7 heteroatoms. The van der Waals surface area contributed by atoms with Gasteiger partial charge >= 0.3 is 12.1 Å². The fourth-order valence-electron chi connectivity index (χ4n) is 1.63. The van der Waals surface area contributed by atoms with Crippen molar-refractivity contribution in [2.45, 2.75) is 6.18 Å². The molecule has 0 fully saturated rings. The Morgan fingerprint density at radius 1 is 1.24 bits per heavy atom. The second-order valence-corrected chi connectivity index (χ2v) is 6.04. The average molecular weight is 377 g/mol. The lowest BCUT2D eigenvalue weighted by Gasteiger charge is -2.09. The second-order valence-electron chi connectivity index (χ2n) is 4.07. The fourth-order valence-corrected chi connectivity index (χ4v) is 3.16. The number of benzene rings is 1. The van der Waals surface area contributed by atoms with Gasteiger partial charge in [0.1, 0.15) is 0 Å². The summed E-state index contributed by atoms with van der Waals surface area (Å²) in [5.41, 5.74) is -0.304. The van der Waals surface area contributed by atoms with Crippen molar-refractivity contribution >= 4 is 39.3 Å². The van der Waals surface area contributed by atoms with Gasteiger partial charge in [0.15, 0.2) is 0 Å². The van der Waals surface area contributed by atoms with Gasteiger partial charge in [-0.2, -0.15) is 13.2 Å². The zero-order valence-electron chi connectivity index (χ0n) is 10.3. The van der Waals surface area contributed by atoms with E-state index in [0.717, 1.165) is 18.2 Å². The molecule has 0 bridgehead atoms. The second kappa shape index (κ2) is 6.03. The molecule has 0 atom stereocenters. The highest BCUT2D eigenvalue weighted by molar-refractivity contribution is 9.10. The minimum Gasteiger partial charge on any atom is -0.478 e. The van der Waals surface area contributed by atoms with Gasteiger partial charge in [-0.15, -0.1) is 11.3 Å². The van der Waals surface area contributed by atoms with Crippen molar-refractivity contribution in [3.05, 3.63) is 51.3 Å². The van der Waals surface area contributed by atoms with Crippen molar-refractivity contribution in [1.82, 2.24) is 0 Å². The summed E-state index contributed by atoms with van der Waals surface area (Å²) in [7, 11) is 0. The van der Waals surface area contributed by atoms with Crippen molar-refractivity contribution in [3.8, 4) is 10.4 Å². The topological polar surface area (TPSA) is 37.3 Å². The molecule has 2 nitrogen and oxygen atoms in total. The number of rotatable bonds is 3. The van der Waals surface area contributed by atoms with Crippen LogP contribution in [0.15, 0.2) is 40.9 Å². The highest BCUT2D eigenvalue weighted by Gasteiger charge is 2.31. The van der Waals surface area contributed by atoms with E-state index in [2.05, 4.69) is 15.9 Å². The number of hydrogen-bond acceptors (Lipinski definition) is 2. The van der Waals surface area contributed by atoms with Gasteiger partial charge in [0.05, 0.1) is 5.56 Å². The number of halogens is 4. The maximum atomic E-state index is 12.7. The zero-order valence-corrected chi connectivity index (χ0v) is 12.7. The van der Waals surface area contributed by atoms with E-state index in [9.17, 15) is 18.0 Å². The quantitative estimate of drug-likeness (QED) is 0.738. The van der Waals surface area contributed by atoms with E-state index >= 15 is 0 Å². The monoisotopic (exact) mass is 376 g/mol. The molecule has 110 valence electrons. The van der Waals surface area contributed by atoms with Crippen LogP contribution in [-0.2, 0) is 11.0 Å². The number of alkyl halides is 3. The molecule has 1 N–H and O–H groups in total. The van der Waals surface area contributed by atoms with Crippen LogP contribution in [0.4, 0.5) is 13.2 Å². The summed E-state index contributed by atoms with van der Waals surface area (Å²) >= 11 is 4.45. The van der Waals surface area contributed by atoms with E-state index < -0.39 is 17.7 Å². The van der Waals surface area contributed by atoms with E-state index in [1.807, 2.05) is 0 Å². The Hall–Kier alpha value is -1.60. The minimum atomic E-state index is -4.40. The summed E-state index contributed by atoms with van der Waals surface area (Å²) < 4.78 is 38.8. The smallest absolute Gasteiger partial charge is 0.416 e. The number of carbonyl (C=O) groups is 1. The molecule has 1 aromatic heterocycles. The predicted molar refractivity (Wildman–Crippen MR) is 79.1 cm³/mol. The zero-order chi connectivity index (χ0) is 15.6. The molecule has 0 radical (unpaired) electrons. The molecule has 2 aromatic rings. The Kier molecular flexibility index (Phi) is 4.53. The molecule has 0 aliphatic heterocycles. The minimum absolute atomic E-state index is 0.421. The SMILES string of the molecule is O=C(O)/C=C/c1ccc(-c2cc(C(F)(F)F)ccc2Br)s1. The number of aliphatic carboxylic acids is 1. The third-order valence-electron chi connectivity index (χ3n) is 2.58. The number of carboxylic acid groups (broad SMARTS) is 1. The van der Waals surface area contributed by atoms with Crippen LogP contribution in [0.1, 0.15) is 10.4 Å². The van der Waals surface area contributed by atoms with Crippen LogP contribution in [-0.4, -0.2) is 11.1 Å². The highest BCUT2D eigenvalue weighted by atomic mass is 79.9. The van der Waals surface area contributed by atoms with E-state index in [-0.39, 0.29) is 0 Å². The molecule has 0 amide bonds. The third kappa shape index (κ3) is 3.95. The Balaban J connectivity index is 2.40. The average Bonchev–Trinajstić information content (AvgIpc) is 2.84. The summed E-state index contributed by atoms with van der Waals surface area (Å²) in [5.74, 6) is -1.08. The molecule has 0 unspecified atom stereocenters. The number of thiophene rings is 1. The summed E-state index contributed by atoms with van der Waals surface area (Å²) in [5, 5.41) is 8.55. The summed E-state index contributed by atoms with van der Waals surface area (Å²) in [6.07, 6.45) is -2.02. The molecule has 2 rings (SSSR count). The lowest BCUT2D eigenvalue weighted by molar-refractivity contribution is -0.137. The lowest BCUT2D eigenvalue weighted by Crippen LogP contribution is -2.04. The van der Waals surface area contributed by atoms with E-state index in [0.29, 0.717) is 19.8 Å². The maximum Gasteiger partial charge on any atom is 0.416 e. The molecule has 1 heterocycles. The molecular weight excluding hydrogens is 369 g/mol. The molecule has 0 spiro atoms. The van der Waals surface area contributed by atoms with Crippen molar-refractivity contribution in [3.63, 3.8) is 0 Å². The predicted octanol–water partition coefficient (Wildman–Crippen LogP) is 5.29. The van der Waals surface area contributed by atoms with Gasteiger partial charge in [0.2, 0.25) is 0 Å². The molecular formula is C14H8BrF3O2S.